The van der Waals surface area contributed by atoms with Gasteiger partial charge in [-0.15, -0.1) is 0 Å². The second-order valence-electron chi connectivity index (χ2n) is 6.70. The number of ether oxygens (including phenoxy) is 1. The molecule has 0 radical (unpaired) electrons. The summed E-state index contributed by atoms with van der Waals surface area (Å²) in [6.07, 6.45) is 8.70. The van der Waals surface area contributed by atoms with Crippen molar-refractivity contribution in [3.05, 3.63) is 52.8 Å². The third kappa shape index (κ3) is 4.00. The van der Waals surface area contributed by atoms with Gasteiger partial charge in [-0.1, -0.05) is 43.4 Å². The monoisotopic (exact) mass is 373 g/mol. The van der Waals surface area contributed by atoms with E-state index in [4.69, 9.17) is 16.3 Å². The van der Waals surface area contributed by atoms with Crippen LogP contribution in [0.1, 0.15) is 49.8 Å². The van der Waals surface area contributed by atoms with Crippen molar-refractivity contribution >= 4 is 18.0 Å². The molecule has 1 aliphatic rings. The Labute approximate surface area is 159 Å². The maximum absolute atomic E-state index is 10.9. The summed E-state index contributed by atoms with van der Waals surface area (Å²) < 4.78 is 6.22. The maximum Gasteiger partial charge on any atom is 0.221 e. The Morgan fingerprint density at radius 2 is 1.85 bits per heavy atom. The number of hydrazine groups is 1. The molecule has 2 aromatic rings. The number of halogens is 1. The van der Waals surface area contributed by atoms with E-state index in [-0.39, 0.29) is 0 Å². The zero-order chi connectivity index (χ0) is 18.4. The van der Waals surface area contributed by atoms with Crippen LogP contribution in [0.3, 0.4) is 0 Å². The van der Waals surface area contributed by atoms with E-state index in [2.05, 4.69) is 15.8 Å². The van der Waals surface area contributed by atoms with Gasteiger partial charge in [-0.2, -0.15) is 0 Å². The first-order valence-electron chi connectivity index (χ1n) is 9.01. The highest BCUT2D eigenvalue weighted by Crippen LogP contribution is 2.40. The van der Waals surface area contributed by atoms with Crippen LogP contribution in [0, 0.1) is 6.92 Å². The second kappa shape index (κ2) is 8.52. The molecule has 1 aromatic heterocycles. The first-order chi connectivity index (χ1) is 12.7. The van der Waals surface area contributed by atoms with Crippen LogP contribution in [0.15, 0.2) is 36.5 Å². The first-order valence-corrected chi connectivity index (χ1v) is 9.39. The molecule has 6 heteroatoms. The highest BCUT2D eigenvalue weighted by atomic mass is 35.5. The summed E-state index contributed by atoms with van der Waals surface area (Å²) in [4.78, 5) is 15.6. The quantitative estimate of drug-likeness (QED) is 0.440. The van der Waals surface area contributed by atoms with Crippen molar-refractivity contribution in [3.63, 3.8) is 0 Å². The van der Waals surface area contributed by atoms with Gasteiger partial charge in [0.05, 0.1) is 5.54 Å². The number of amides is 1. The minimum Gasteiger partial charge on any atom is -0.455 e. The van der Waals surface area contributed by atoms with Crippen LogP contribution >= 0.6 is 11.6 Å². The number of hydrogen-bond acceptors (Lipinski definition) is 4. The van der Waals surface area contributed by atoms with Crippen LogP contribution in [0.2, 0.25) is 5.02 Å². The predicted molar refractivity (Wildman–Crippen MR) is 102 cm³/mol. The normalized spacial score (nSPS) is 16.5. The Morgan fingerprint density at radius 3 is 2.58 bits per heavy atom. The average molecular weight is 374 g/mol. The highest BCUT2D eigenvalue weighted by molar-refractivity contribution is 6.31. The first kappa shape index (κ1) is 18.7. The Kier molecular flexibility index (Phi) is 6.12. The van der Waals surface area contributed by atoms with Crippen molar-refractivity contribution < 1.29 is 9.53 Å². The zero-order valence-electron chi connectivity index (χ0n) is 14.9. The number of aromatic nitrogens is 1. The number of carbonyl (C=O) groups excluding carboxylic acids is 1. The van der Waals surface area contributed by atoms with E-state index < -0.39 is 5.54 Å². The molecule has 0 spiro atoms. The SMILES string of the molecule is Cc1c(Cl)cccc1Oc1cccnc1C1(NNC=O)CCCCCC1. The van der Waals surface area contributed by atoms with Crippen LogP contribution in [0.25, 0.3) is 0 Å². The lowest BCUT2D eigenvalue weighted by Crippen LogP contribution is -2.50. The molecule has 1 saturated carbocycles. The molecule has 0 saturated heterocycles. The molecular weight excluding hydrogens is 350 g/mol. The molecule has 0 aliphatic heterocycles. The van der Waals surface area contributed by atoms with Crippen molar-refractivity contribution in [2.45, 2.75) is 51.0 Å². The molecule has 1 fully saturated rings. The van der Waals surface area contributed by atoms with E-state index in [0.29, 0.717) is 22.9 Å². The van der Waals surface area contributed by atoms with E-state index in [1.54, 1.807) is 6.20 Å². The lowest BCUT2D eigenvalue weighted by molar-refractivity contribution is -0.111. The summed E-state index contributed by atoms with van der Waals surface area (Å²) in [5.41, 5.74) is 7.11. The van der Waals surface area contributed by atoms with Crippen molar-refractivity contribution in [1.29, 1.82) is 0 Å². The van der Waals surface area contributed by atoms with Crippen molar-refractivity contribution in [2.24, 2.45) is 0 Å². The van der Waals surface area contributed by atoms with Crippen molar-refractivity contribution in [1.82, 2.24) is 15.8 Å². The number of nitrogens with one attached hydrogen (secondary N) is 2. The number of pyridine rings is 1. The maximum atomic E-state index is 10.9. The number of nitrogens with zero attached hydrogens (tertiary/aromatic N) is 1. The van der Waals surface area contributed by atoms with Gasteiger partial charge < -0.3 is 4.74 Å². The van der Waals surface area contributed by atoms with Crippen molar-refractivity contribution in [2.75, 3.05) is 0 Å². The fourth-order valence-electron chi connectivity index (χ4n) is 3.57. The third-order valence-electron chi connectivity index (χ3n) is 4.99. The lowest BCUT2D eigenvalue weighted by atomic mass is 9.86. The summed E-state index contributed by atoms with van der Waals surface area (Å²) in [6.45, 7) is 1.93. The minimum atomic E-state index is -0.444. The van der Waals surface area contributed by atoms with Crippen LogP contribution in [0.5, 0.6) is 11.5 Å². The Hall–Kier alpha value is -2.11. The number of carbonyl (C=O) groups is 1. The van der Waals surface area contributed by atoms with Crippen molar-refractivity contribution in [3.8, 4) is 11.5 Å². The van der Waals surface area contributed by atoms with Crippen LogP contribution in [-0.2, 0) is 10.3 Å². The Balaban J connectivity index is 2.00. The van der Waals surface area contributed by atoms with Gasteiger partial charge >= 0.3 is 0 Å². The zero-order valence-corrected chi connectivity index (χ0v) is 15.7. The third-order valence-corrected chi connectivity index (χ3v) is 5.40. The van der Waals surface area contributed by atoms with Gasteiger partial charge in [0, 0.05) is 16.8 Å². The summed E-state index contributed by atoms with van der Waals surface area (Å²) >= 11 is 6.23. The molecule has 1 aliphatic carbocycles. The molecule has 0 atom stereocenters. The van der Waals surface area contributed by atoms with Crippen LogP contribution in [0.4, 0.5) is 0 Å². The number of benzene rings is 1. The molecule has 138 valence electrons. The summed E-state index contributed by atoms with van der Waals surface area (Å²) in [7, 11) is 0. The molecular formula is C20H24ClN3O2. The Bertz CT molecular complexity index is 758. The van der Waals surface area contributed by atoms with E-state index in [9.17, 15) is 4.79 Å². The molecule has 0 unspecified atom stereocenters. The van der Waals surface area contributed by atoms with Gasteiger partial charge in [-0.3, -0.25) is 15.2 Å². The van der Waals surface area contributed by atoms with Gasteiger partial charge in [-0.05, 0) is 44.0 Å². The fourth-order valence-corrected chi connectivity index (χ4v) is 3.74. The molecule has 2 N–H and O–H groups in total. The lowest BCUT2D eigenvalue weighted by Gasteiger charge is -2.34. The second-order valence-corrected chi connectivity index (χ2v) is 7.11. The highest BCUT2D eigenvalue weighted by Gasteiger charge is 2.37. The molecule has 1 amide bonds. The fraction of sp³-hybridized carbons (Fsp3) is 0.400. The molecule has 1 heterocycles. The minimum absolute atomic E-state index is 0.444. The van der Waals surface area contributed by atoms with E-state index in [0.717, 1.165) is 36.9 Å². The summed E-state index contributed by atoms with van der Waals surface area (Å²) in [5, 5.41) is 0.665. The van der Waals surface area contributed by atoms with Gasteiger partial charge in [0.25, 0.3) is 0 Å². The van der Waals surface area contributed by atoms with E-state index in [1.165, 1.54) is 12.8 Å². The molecule has 5 nitrogen and oxygen atoms in total. The average Bonchev–Trinajstić information content (AvgIpc) is 2.91. The van der Waals surface area contributed by atoms with Crippen LogP contribution < -0.4 is 15.6 Å². The predicted octanol–water partition coefficient (Wildman–Crippen LogP) is 4.64. The summed E-state index contributed by atoms with van der Waals surface area (Å²) in [6, 6.07) is 9.38. The standard InChI is InChI=1S/C20H24ClN3O2/c1-15-16(21)8-6-9-17(15)26-18-10-7-13-22-19(18)20(24-23-14-25)11-4-2-3-5-12-20/h6-10,13-14,24H,2-5,11-12H2,1H3,(H,23,25). The summed E-state index contributed by atoms with van der Waals surface area (Å²) in [5.74, 6) is 1.39. The molecule has 3 rings (SSSR count). The largest absolute Gasteiger partial charge is 0.455 e. The van der Waals surface area contributed by atoms with Gasteiger partial charge in [-0.25, -0.2) is 5.43 Å². The van der Waals surface area contributed by atoms with E-state index in [1.807, 2.05) is 37.3 Å². The molecule has 0 bridgehead atoms. The number of rotatable bonds is 6. The topological polar surface area (TPSA) is 63.2 Å². The van der Waals surface area contributed by atoms with Gasteiger partial charge in [0.1, 0.15) is 11.4 Å². The molecule has 1 aromatic carbocycles. The van der Waals surface area contributed by atoms with E-state index >= 15 is 0 Å². The Morgan fingerprint density at radius 1 is 1.12 bits per heavy atom. The molecule has 26 heavy (non-hydrogen) atoms. The van der Waals surface area contributed by atoms with Gasteiger partial charge in [0.2, 0.25) is 6.41 Å². The number of hydrogen-bond donors (Lipinski definition) is 2. The smallest absolute Gasteiger partial charge is 0.221 e. The van der Waals surface area contributed by atoms with Gasteiger partial charge in [0.15, 0.2) is 5.75 Å². The van der Waals surface area contributed by atoms with Crippen LogP contribution in [-0.4, -0.2) is 11.4 Å².